The number of ether oxygens (including phenoxy) is 2. The summed E-state index contributed by atoms with van der Waals surface area (Å²) >= 11 is 0. The van der Waals surface area contributed by atoms with Gasteiger partial charge in [0.15, 0.2) is 0 Å². The van der Waals surface area contributed by atoms with Crippen molar-refractivity contribution >= 4 is 17.4 Å². The maximum atomic E-state index is 13.9. The van der Waals surface area contributed by atoms with Crippen LogP contribution in [0.2, 0.25) is 0 Å². The second kappa shape index (κ2) is 9.02. The molecule has 1 saturated heterocycles. The Morgan fingerprint density at radius 2 is 1.94 bits per heavy atom. The molecule has 1 saturated carbocycles. The first-order chi connectivity index (χ1) is 16.5. The molecule has 8 nitrogen and oxygen atoms in total. The number of nitrogens with one attached hydrogen (secondary N) is 1. The van der Waals surface area contributed by atoms with E-state index < -0.39 is 41.0 Å². The van der Waals surface area contributed by atoms with E-state index >= 15 is 0 Å². The van der Waals surface area contributed by atoms with E-state index in [1.54, 1.807) is 34.6 Å². The summed E-state index contributed by atoms with van der Waals surface area (Å²) in [6.07, 6.45) is -2.34. The molecule has 2 N–H and O–H groups in total. The Balaban J connectivity index is 1.59. The highest BCUT2D eigenvalue weighted by Gasteiger charge is 2.43. The van der Waals surface area contributed by atoms with Crippen molar-refractivity contribution in [3.05, 3.63) is 29.7 Å². The molecule has 0 bridgehead atoms. The number of aliphatic hydroxyl groups is 1. The Kier molecular flexibility index (Phi) is 6.62. The fraction of sp³-hybridized carbons (Fsp3) is 0.640. The quantitative estimate of drug-likeness (QED) is 0.467. The SMILES string of the molecule is C[C@H]1CC(=O)C(C(=O)OC(C)(C)C)[C@@H](COc2cc(C(F)(F)F)n3cc(C4CC(C)(O)C4)nc3c2)N1. The van der Waals surface area contributed by atoms with Gasteiger partial charge in [0.1, 0.15) is 41.0 Å². The summed E-state index contributed by atoms with van der Waals surface area (Å²) < 4.78 is 53.8. The molecule has 36 heavy (non-hydrogen) atoms. The van der Waals surface area contributed by atoms with Crippen molar-refractivity contribution in [2.24, 2.45) is 5.92 Å². The molecule has 3 atom stereocenters. The summed E-state index contributed by atoms with van der Waals surface area (Å²) in [5, 5.41) is 13.1. The highest BCUT2D eigenvalue weighted by atomic mass is 19.4. The molecule has 4 rings (SSSR count). The van der Waals surface area contributed by atoms with Gasteiger partial charge in [0, 0.05) is 36.7 Å². The molecule has 2 aromatic heterocycles. The van der Waals surface area contributed by atoms with Crippen LogP contribution in [-0.4, -0.2) is 56.1 Å². The lowest BCUT2D eigenvalue weighted by Crippen LogP contribution is -2.57. The minimum atomic E-state index is -4.67. The van der Waals surface area contributed by atoms with Crippen LogP contribution in [0.5, 0.6) is 5.75 Å². The second-order valence-corrected chi connectivity index (χ2v) is 11.2. The van der Waals surface area contributed by atoms with Crippen LogP contribution in [0.4, 0.5) is 13.2 Å². The van der Waals surface area contributed by atoms with E-state index in [2.05, 4.69) is 10.3 Å². The number of imidazole rings is 1. The summed E-state index contributed by atoms with van der Waals surface area (Å²) in [5.74, 6) is -2.33. The lowest BCUT2D eigenvalue weighted by Gasteiger charge is -2.39. The van der Waals surface area contributed by atoms with E-state index in [4.69, 9.17) is 9.47 Å². The maximum absolute atomic E-state index is 13.9. The predicted octanol–water partition coefficient (Wildman–Crippen LogP) is 3.64. The van der Waals surface area contributed by atoms with Crippen molar-refractivity contribution in [3.8, 4) is 5.75 Å². The van der Waals surface area contributed by atoms with E-state index in [9.17, 15) is 27.9 Å². The molecule has 0 aromatic carbocycles. The first-order valence-corrected chi connectivity index (χ1v) is 12.0. The second-order valence-electron chi connectivity index (χ2n) is 11.2. The van der Waals surface area contributed by atoms with Gasteiger partial charge in [-0.25, -0.2) is 4.98 Å². The summed E-state index contributed by atoms with van der Waals surface area (Å²) in [7, 11) is 0. The third-order valence-electron chi connectivity index (χ3n) is 6.49. The molecule has 2 fully saturated rings. The number of pyridine rings is 1. The largest absolute Gasteiger partial charge is 0.492 e. The van der Waals surface area contributed by atoms with Crippen LogP contribution in [0.25, 0.3) is 5.65 Å². The van der Waals surface area contributed by atoms with E-state index in [-0.39, 0.29) is 42.2 Å². The smallest absolute Gasteiger partial charge is 0.431 e. The van der Waals surface area contributed by atoms with Crippen molar-refractivity contribution in [1.29, 1.82) is 0 Å². The minimum Gasteiger partial charge on any atom is -0.492 e. The van der Waals surface area contributed by atoms with Crippen LogP contribution in [-0.2, 0) is 20.5 Å². The first kappa shape index (κ1) is 26.4. The molecule has 11 heteroatoms. The number of halogens is 3. The van der Waals surface area contributed by atoms with Gasteiger partial charge in [0.05, 0.1) is 17.3 Å². The Morgan fingerprint density at radius 3 is 2.53 bits per heavy atom. The average molecular weight is 512 g/mol. The summed E-state index contributed by atoms with van der Waals surface area (Å²) in [6, 6.07) is 1.28. The number of fused-ring (bicyclic) bond motifs is 1. The van der Waals surface area contributed by atoms with Crippen molar-refractivity contribution < 1.29 is 37.3 Å². The number of hydrogen-bond donors (Lipinski definition) is 2. The number of esters is 1. The standard InChI is InChI=1S/C25H32F3N3O5/c1-13-6-18(32)21(22(33)36-23(2,3)4)17(29-13)12-35-15-7-19(25(26,27)28)31-11-16(30-20(31)8-15)14-9-24(5,34)10-14/h7-8,11,13-14,17,21,29,34H,6,9-10,12H2,1-5H3/t13-,14?,17+,21?,24?/m0/s1. The zero-order valence-electron chi connectivity index (χ0n) is 21.0. The van der Waals surface area contributed by atoms with Gasteiger partial charge in [0.2, 0.25) is 0 Å². The molecule has 3 heterocycles. The molecule has 1 aliphatic carbocycles. The third kappa shape index (κ3) is 5.67. The van der Waals surface area contributed by atoms with Gasteiger partial charge in [-0.1, -0.05) is 0 Å². The summed E-state index contributed by atoms with van der Waals surface area (Å²) in [5.41, 5.74) is -2.06. The Labute approximate surface area is 207 Å². The third-order valence-corrected chi connectivity index (χ3v) is 6.49. The first-order valence-electron chi connectivity index (χ1n) is 12.0. The van der Waals surface area contributed by atoms with Gasteiger partial charge >= 0.3 is 12.1 Å². The van der Waals surface area contributed by atoms with Crippen LogP contribution in [0.3, 0.4) is 0 Å². The predicted molar refractivity (Wildman–Crippen MR) is 124 cm³/mol. The number of carbonyl (C=O) groups excluding carboxylic acids is 2. The fourth-order valence-electron chi connectivity index (χ4n) is 4.96. The molecule has 0 radical (unpaired) electrons. The van der Waals surface area contributed by atoms with Gasteiger partial charge in [0.25, 0.3) is 0 Å². The summed E-state index contributed by atoms with van der Waals surface area (Å²) in [4.78, 5) is 29.8. The van der Waals surface area contributed by atoms with Gasteiger partial charge in [-0.05, 0) is 47.5 Å². The topological polar surface area (TPSA) is 102 Å². The highest BCUT2D eigenvalue weighted by Crippen LogP contribution is 2.44. The van der Waals surface area contributed by atoms with Crippen molar-refractivity contribution in [2.75, 3.05) is 6.61 Å². The van der Waals surface area contributed by atoms with Crippen molar-refractivity contribution in [2.45, 2.75) is 89.3 Å². The lowest BCUT2D eigenvalue weighted by molar-refractivity contribution is -0.165. The zero-order chi connectivity index (χ0) is 26.6. The van der Waals surface area contributed by atoms with Gasteiger partial charge in [-0.2, -0.15) is 13.2 Å². The van der Waals surface area contributed by atoms with Crippen molar-refractivity contribution in [3.63, 3.8) is 0 Å². The van der Waals surface area contributed by atoms with Crippen LogP contribution < -0.4 is 10.1 Å². The maximum Gasteiger partial charge on any atom is 0.431 e. The lowest BCUT2D eigenvalue weighted by atomic mass is 9.71. The van der Waals surface area contributed by atoms with Crippen LogP contribution in [0.1, 0.15) is 71.2 Å². The molecule has 2 aliphatic rings. The monoisotopic (exact) mass is 511 g/mol. The number of nitrogens with zero attached hydrogens (tertiary/aromatic N) is 2. The van der Waals surface area contributed by atoms with Crippen LogP contribution in [0.15, 0.2) is 18.3 Å². The minimum absolute atomic E-state index is 0.0612. The highest BCUT2D eigenvalue weighted by molar-refractivity contribution is 6.00. The number of Topliss-reactive ketones (excluding diaryl/α,β-unsaturated/α-hetero) is 1. The fourth-order valence-corrected chi connectivity index (χ4v) is 4.96. The van der Waals surface area contributed by atoms with E-state index in [1.165, 1.54) is 12.3 Å². The zero-order valence-corrected chi connectivity index (χ0v) is 21.0. The van der Waals surface area contributed by atoms with Gasteiger partial charge in [-0.3, -0.25) is 14.0 Å². The average Bonchev–Trinajstić information content (AvgIpc) is 3.10. The number of aromatic nitrogens is 2. The molecular formula is C25H32F3N3O5. The van der Waals surface area contributed by atoms with E-state index in [0.717, 1.165) is 10.5 Å². The van der Waals surface area contributed by atoms with Crippen molar-refractivity contribution in [1.82, 2.24) is 14.7 Å². The number of ketones is 1. The molecule has 1 aliphatic heterocycles. The van der Waals surface area contributed by atoms with Gasteiger partial charge < -0.3 is 19.9 Å². The molecular weight excluding hydrogens is 479 g/mol. The molecule has 0 amide bonds. The van der Waals surface area contributed by atoms with E-state index in [1.807, 2.05) is 0 Å². The normalized spacial score (nSPS) is 29.2. The Morgan fingerprint density at radius 1 is 1.28 bits per heavy atom. The molecule has 1 unspecified atom stereocenters. The molecule has 2 aromatic rings. The van der Waals surface area contributed by atoms with Crippen LogP contribution in [0, 0.1) is 5.92 Å². The van der Waals surface area contributed by atoms with Crippen LogP contribution >= 0.6 is 0 Å². The molecule has 198 valence electrons. The number of piperidine rings is 1. The Hall–Kier alpha value is -2.66. The van der Waals surface area contributed by atoms with E-state index in [0.29, 0.717) is 18.5 Å². The number of rotatable bonds is 5. The number of hydrogen-bond acceptors (Lipinski definition) is 7. The summed E-state index contributed by atoms with van der Waals surface area (Å²) in [6.45, 7) is 8.33. The van der Waals surface area contributed by atoms with Gasteiger partial charge in [-0.15, -0.1) is 0 Å². The molecule has 0 spiro atoms. The Bertz CT molecular complexity index is 1160. The number of carbonyl (C=O) groups is 2. The number of alkyl halides is 3.